The van der Waals surface area contributed by atoms with E-state index in [4.69, 9.17) is 4.74 Å². The number of benzene rings is 2. The van der Waals surface area contributed by atoms with Crippen molar-refractivity contribution in [3.8, 4) is 5.75 Å². The second-order valence-electron chi connectivity index (χ2n) is 8.94. The molecule has 2 aliphatic rings. The Bertz CT molecular complexity index is 955. The highest BCUT2D eigenvalue weighted by Gasteiger charge is 2.42. The third-order valence-corrected chi connectivity index (χ3v) is 6.83. The smallest absolute Gasteiger partial charge is 0.229 e. The maximum atomic E-state index is 13.6. The van der Waals surface area contributed by atoms with Gasteiger partial charge in [-0.3, -0.25) is 9.69 Å². The molecule has 2 aliphatic heterocycles. The van der Waals surface area contributed by atoms with Crippen LogP contribution in [0.3, 0.4) is 0 Å². The van der Waals surface area contributed by atoms with Gasteiger partial charge in [0.1, 0.15) is 5.75 Å². The largest absolute Gasteiger partial charge is 0.495 e. The third-order valence-electron chi connectivity index (χ3n) is 6.83. The Kier molecular flexibility index (Phi) is 7.06. The second-order valence-corrected chi connectivity index (χ2v) is 8.94. The molecule has 4 rings (SSSR count). The second kappa shape index (κ2) is 9.96. The first-order chi connectivity index (χ1) is 15.5. The number of piperidine rings is 1. The lowest BCUT2D eigenvalue weighted by atomic mass is 9.83. The molecule has 0 spiro atoms. The van der Waals surface area contributed by atoms with E-state index < -0.39 is 11.6 Å². The number of carbonyl (C=O) groups is 1. The van der Waals surface area contributed by atoms with Crippen LogP contribution >= 0.6 is 0 Å². The maximum absolute atomic E-state index is 13.6. The van der Waals surface area contributed by atoms with Crippen molar-refractivity contribution in [3.05, 3.63) is 59.7 Å². The molecule has 2 aromatic rings. The summed E-state index contributed by atoms with van der Waals surface area (Å²) in [5.74, 6) is -0.699. The van der Waals surface area contributed by atoms with Gasteiger partial charge in [0.05, 0.1) is 18.7 Å². The highest BCUT2D eigenvalue weighted by atomic mass is 19.2. The van der Waals surface area contributed by atoms with Gasteiger partial charge in [0, 0.05) is 19.1 Å². The maximum Gasteiger partial charge on any atom is 0.229 e. The molecule has 7 heteroatoms. The molecular formula is C25H31F2N3O2. The molecule has 1 amide bonds. The number of anilines is 1. The predicted molar refractivity (Wildman–Crippen MR) is 121 cm³/mol. The number of nitrogens with one attached hydrogen (secondary N) is 1. The standard InChI is InChI=1S/C25H31F2N3O2/c1-29-13-11-19(25(31)28-22-7-3-4-8-23(22)32-2)24(29)18-6-5-12-30(16-18)15-17-9-10-20(26)21(27)14-17/h3-4,7-10,14,18-19,24H,5-6,11-13,15-16H2,1-2H3,(H,28,31)/t18-,19-,24+/m1/s1. The van der Waals surface area contributed by atoms with E-state index in [2.05, 4.69) is 22.2 Å². The number of para-hydroxylation sites is 2. The summed E-state index contributed by atoms with van der Waals surface area (Å²) in [6.45, 7) is 3.23. The lowest BCUT2D eigenvalue weighted by molar-refractivity contribution is -0.121. The normalized spacial score (nSPS) is 24.4. The highest BCUT2D eigenvalue weighted by Crippen LogP contribution is 2.35. The summed E-state index contributed by atoms with van der Waals surface area (Å²) in [6, 6.07) is 11.7. The molecule has 1 N–H and O–H groups in total. The molecule has 0 saturated carbocycles. The molecule has 0 unspecified atom stereocenters. The Balaban J connectivity index is 1.44. The van der Waals surface area contributed by atoms with Crippen molar-refractivity contribution in [1.29, 1.82) is 0 Å². The number of hydrogen-bond donors (Lipinski definition) is 1. The van der Waals surface area contributed by atoms with Crippen LogP contribution in [0.25, 0.3) is 0 Å². The van der Waals surface area contributed by atoms with Crippen LogP contribution in [0.2, 0.25) is 0 Å². The lowest BCUT2D eigenvalue weighted by Crippen LogP contribution is -2.48. The Morgan fingerprint density at radius 2 is 1.94 bits per heavy atom. The Hall–Kier alpha value is -2.51. The summed E-state index contributed by atoms with van der Waals surface area (Å²) in [5.41, 5.74) is 1.46. The van der Waals surface area contributed by atoms with Crippen LogP contribution in [0.1, 0.15) is 24.8 Å². The topological polar surface area (TPSA) is 44.8 Å². The van der Waals surface area contributed by atoms with Gasteiger partial charge in [0.25, 0.3) is 0 Å². The van der Waals surface area contributed by atoms with Crippen molar-refractivity contribution >= 4 is 11.6 Å². The fraction of sp³-hybridized carbons (Fsp3) is 0.480. The lowest BCUT2D eigenvalue weighted by Gasteiger charge is -2.39. The molecule has 3 atom stereocenters. The first-order valence-corrected chi connectivity index (χ1v) is 11.3. The van der Waals surface area contributed by atoms with E-state index in [0.29, 0.717) is 23.9 Å². The third kappa shape index (κ3) is 4.94. The van der Waals surface area contributed by atoms with E-state index in [1.165, 1.54) is 12.1 Å². The van der Waals surface area contributed by atoms with Gasteiger partial charge in [0.2, 0.25) is 5.91 Å². The summed E-state index contributed by atoms with van der Waals surface area (Å²) >= 11 is 0. The van der Waals surface area contributed by atoms with Crippen LogP contribution in [0.15, 0.2) is 42.5 Å². The number of methoxy groups -OCH3 is 1. The van der Waals surface area contributed by atoms with E-state index in [0.717, 1.165) is 44.5 Å². The predicted octanol–water partition coefficient (Wildman–Crippen LogP) is 4.14. The van der Waals surface area contributed by atoms with Crippen molar-refractivity contribution < 1.29 is 18.3 Å². The molecule has 0 radical (unpaired) electrons. The molecule has 5 nitrogen and oxygen atoms in total. The van der Waals surface area contributed by atoms with Gasteiger partial charge in [0.15, 0.2) is 11.6 Å². The number of nitrogens with zero attached hydrogens (tertiary/aromatic N) is 2. The highest BCUT2D eigenvalue weighted by molar-refractivity contribution is 5.94. The number of rotatable bonds is 6. The van der Waals surface area contributed by atoms with Crippen LogP contribution in [0.5, 0.6) is 5.75 Å². The van der Waals surface area contributed by atoms with Crippen LogP contribution in [0, 0.1) is 23.5 Å². The fourth-order valence-corrected chi connectivity index (χ4v) is 5.33. The van der Waals surface area contributed by atoms with Crippen molar-refractivity contribution in [1.82, 2.24) is 9.80 Å². The van der Waals surface area contributed by atoms with E-state index in [1.807, 2.05) is 24.3 Å². The van der Waals surface area contributed by atoms with Gasteiger partial charge in [-0.25, -0.2) is 8.78 Å². The number of ether oxygens (including phenoxy) is 1. The molecule has 2 aromatic carbocycles. The van der Waals surface area contributed by atoms with Crippen molar-refractivity contribution in [2.45, 2.75) is 31.8 Å². The average Bonchev–Trinajstić information content (AvgIpc) is 3.18. The zero-order valence-electron chi connectivity index (χ0n) is 18.7. The number of amides is 1. The fourth-order valence-electron chi connectivity index (χ4n) is 5.33. The van der Waals surface area contributed by atoms with Crippen molar-refractivity contribution in [2.24, 2.45) is 11.8 Å². The van der Waals surface area contributed by atoms with Crippen LogP contribution in [-0.4, -0.2) is 55.5 Å². The quantitative estimate of drug-likeness (QED) is 0.729. The Labute approximate surface area is 188 Å². The van der Waals surface area contributed by atoms with E-state index >= 15 is 0 Å². The number of likely N-dealkylation sites (tertiary alicyclic amines) is 2. The number of halogens is 2. The first-order valence-electron chi connectivity index (χ1n) is 11.3. The van der Waals surface area contributed by atoms with Gasteiger partial charge in [-0.05, 0) is 75.1 Å². The molecule has 172 valence electrons. The molecule has 0 bridgehead atoms. The zero-order chi connectivity index (χ0) is 22.7. The molecule has 2 heterocycles. The van der Waals surface area contributed by atoms with E-state index in [-0.39, 0.29) is 17.9 Å². The zero-order valence-corrected chi connectivity index (χ0v) is 18.7. The molecule has 0 aromatic heterocycles. The molecule has 0 aliphatic carbocycles. The number of hydrogen-bond acceptors (Lipinski definition) is 4. The average molecular weight is 444 g/mol. The molecule has 2 fully saturated rings. The summed E-state index contributed by atoms with van der Waals surface area (Å²) in [6.07, 6.45) is 2.91. The summed E-state index contributed by atoms with van der Waals surface area (Å²) in [5, 5.41) is 3.07. The van der Waals surface area contributed by atoms with E-state index in [1.54, 1.807) is 13.2 Å². The van der Waals surface area contributed by atoms with Gasteiger partial charge in [-0.15, -0.1) is 0 Å². The van der Waals surface area contributed by atoms with Crippen molar-refractivity contribution in [2.75, 3.05) is 39.1 Å². The van der Waals surface area contributed by atoms with Crippen LogP contribution in [0.4, 0.5) is 14.5 Å². The SMILES string of the molecule is COc1ccccc1NC(=O)[C@@H]1CCN(C)[C@H]1[C@@H]1CCCN(Cc2ccc(F)c(F)c2)C1. The van der Waals surface area contributed by atoms with Gasteiger partial charge >= 0.3 is 0 Å². The minimum Gasteiger partial charge on any atom is -0.495 e. The Morgan fingerprint density at radius 1 is 1.12 bits per heavy atom. The van der Waals surface area contributed by atoms with Crippen LogP contribution in [-0.2, 0) is 11.3 Å². The number of carbonyl (C=O) groups excluding carboxylic acids is 1. The van der Waals surface area contributed by atoms with Gasteiger partial charge < -0.3 is 15.0 Å². The van der Waals surface area contributed by atoms with Crippen molar-refractivity contribution in [3.63, 3.8) is 0 Å². The van der Waals surface area contributed by atoms with Gasteiger partial charge in [-0.2, -0.15) is 0 Å². The molecular weight excluding hydrogens is 412 g/mol. The summed E-state index contributed by atoms with van der Waals surface area (Å²) < 4.78 is 32.3. The minimum atomic E-state index is -0.818. The van der Waals surface area contributed by atoms with Gasteiger partial charge in [-0.1, -0.05) is 18.2 Å². The summed E-state index contributed by atoms with van der Waals surface area (Å²) in [7, 11) is 3.69. The molecule has 2 saturated heterocycles. The molecule has 32 heavy (non-hydrogen) atoms. The van der Waals surface area contributed by atoms with Crippen LogP contribution < -0.4 is 10.1 Å². The summed E-state index contributed by atoms with van der Waals surface area (Å²) in [4.78, 5) is 17.8. The minimum absolute atomic E-state index is 0.0292. The van der Waals surface area contributed by atoms with E-state index in [9.17, 15) is 13.6 Å². The first kappa shape index (κ1) is 22.7. The Morgan fingerprint density at radius 3 is 2.72 bits per heavy atom. The monoisotopic (exact) mass is 443 g/mol.